The zero-order valence-electron chi connectivity index (χ0n) is 10.7. The van der Waals surface area contributed by atoms with Crippen molar-refractivity contribution in [3.05, 3.63) is 42.6 Å². The molecule has 0 bridgehead atoms. The van der Waals surface area contributed by atoms with Crippen LogP contribution in [0.3, 0.4) is 0 Å². The van der Waals surface area contributed by atoms with Crippen LogP contribution in [0.25, 0.3) is 11.4 Å². The molecule has 7 nitrogen and oxygen atoms in total. The zero-order chi connectivity index (χ0) is 13.8. The molecule has 0 aliphatic carbocycles. The predicted molar refractivity (Wildman–Crippen MR) is 73.7 cm³/mol. The van der Waals surface area contributed by atoms with Gasteiger partial charge in [0.2, 0.25) is 5.82 Å². The molecule has 0 aliphatic heterocycles. The number of H-pyrrole nitrogens is 1. The number of nitrogens with zero attached hydrogens (tertiary/aromatic N) is 4. The average molecular weight is 268 g/mol. The molecule has 7 heteroatoms. The molecule has 0 aliphatic rings. The first-order chi connectivity index (χ1) is 9.86. The van der Waals surface area contributed by atoms with E-state index in [1.807, 2.05) is 36.4 Å². The van der Waals surface area contributed by atoms with Crippen LogP contribution >= 0.6 is 0 Å². The van der Waals surface area contributed by atoms with Crippen molar-refractivity contribution in [2.45, 2.75) is 0 Å². The van der Waals surface area contributed by atoms with E-state index in [9.17, 15) is 0 Å². The van der Waals surface area contributed by atoms with E-state index in [1.165, 1.54) is 0 Å². The van der Waals surface area contributed by atoms with Crippen LogP contribution in [0.5, 0.6) is 5.75 Å². The Bertz CT molecular complexity index is 683. The number of hydrogen-bond acceptors (Lipinski definition) is 6. The number of pyridine rings is 1. The Morgan fingerprint density at radius 1 is 1.20 bits per heavy atom. The lowest BCUT2D eigenvalue weighted by Crippen LogP contribution is -1.95. The largest absolute Gasteiger partial charge is 0.496 e. The first-order valence-corrected chi connectivity index (χ1v) is 5.97. The SMILES string of the molecule is COc1cc(Nc2ccccn2)ccc1-c1nn[nH]n1. The van der Waals surface area contributed by atoms with Gasteiger partial charge in [0.1, 0.15) is 11.6 Å². The van der Waals surface area contributed by atoms with Gasteiger partial charge < -0.3 is 10.1 Å². The Morgan fingerprint density at radius 2 is 2.15 bits per heavy atom. The van der Waals surface area contributed by atoms with Crippen LogP contribution in [0.4, 0.5) is 11.5 Å². The molecule has 0 radical (unpaired) electrons. The third kappa shape index (κ3) is 2.41. The van der Waals surface area contributed by atoms with Gasteiger partial charge in [-0.3, -0.25) is 0 Å². The van der Waals surface area contributed by atoms with Crippen LogP contribution in [-0.2, 0) is 0 Å². The van der Waals surface area contributed by atoms with Crippen molar-refractivity contribution >= 4 is 11.5 Å². The van der Waals surface area contributed by atoms with E-state index in [0.717, 1.165) is 17.1 Å². The van der Waals surface area contributed by atoms with Crippen molar-refractivity contribution in [3.63, 3.8) is 0 Å². The maximum atomic E-state index is 5.37. The third-order valence-electron chi connectivity index (χ3n) is 2.73. The summed E-state index contributed by atoms with van der Waals surface area (Å²) in [5, 5.41) is 17.1. The summed E-state index contributed by atoms with van der Waals surface area (Å²) >= 11 is 0. The van der Waals surface area contributed by atoms with E-state index in [-0.39, 0.29) is 0 Å². The molecular formula is C13H12N6O. The molecule has 100 valence electrons. The number of rotatable bonds is 4. The molecule has 0 amide bonds. The normalized spacial score (nSPS) is 10.2. The molecule has 2 N–H and O–H groups in total. The number of ether oxygens (including phenoxy) is 1. The van der Waals surface area contributed by atoms with Gasteiger partial charge in [0.25, 0.3) is 0 Å². The molecular weight excluding hydrogens is 256 g/mol. The smallest absolute Gasteiger partial charge is 0.208 e. The molecule has 3 rings (SSSR count). The van der Waals surface area contributed by atoms with Crippen LogP contribution < -0.4 is 10.1 Å². The highest BCUT2D eigenvalue weighted by Gasteiger charge is 2.11. The molecule has 0 atom stereocenters. The highest BCUT2D eigenvalue weighted by Crippen LogP contribution is 2.30. The number of nitrogens with one attached hydrogen (secondary N) is 2. The molecule has 0 spiro atoms. The fourth-order valence-corrected chi connectivity index (χ4v) is 1.81. The summed E-state index contributed by atoms with van der Waals surface area (Å²) in [4.78, 5) is 4.21. The molecule has 2 heterocycles. The van der Waals surface area contributed by atoms with Crippen molar-refractivity contribution in [2.24, 2.45) is 0 Å². The van der Waals surface area contributed by atoms with E-state index < -0.39 is 0 Å². The minimum atomic E-state index is 0.492. The maximum Gasteiger partial charge on any atom is 0.208 e. The number of methoxy groups -OCH3 is 1. The Kier molecular flexibility index (Phi) is 3.24. The highest BCUT2D eigenvalue weighted by atomic mass is 16.5. The van der Waals surface area contributed by atoms with Gasteiger partial charge in [-0.2, -0.15) is 5.21 Å². The Balaban J connectivity index is 1.91. The molecule has 3 aromatic rings. The fraction of sp³-hybridized carbons (Fsp3) is 0.0769. The number of aromatic nitrogens is 5. The van der Waals surface area contributed by atoms with Crippen LogP contribution in [0.1, 0.15) is 0 Å². The lowest BCUT2D eigenvalue weighted by atomic mass is 10.1. The summed E-state index contributed by atoms with van der Waals surface area (Å²) in [5.74, 6) is 1.92. The second-order valence-corrected chi connectivity index (χ2v) is 3.99. The van der Waals surface area contributed by atoms with E-state index in [2.05, 4.69) is 30.9 Å². The minimum absolute atomic E-state index is 0.492. The van der Waals surface area contributed by atoms with E-state index in [1.54, 1.807) is 13.3 Å². The van der Waals surface area contributed by atoms with Gasteiger partial charge in [0.05, 0.1) is 12.7 Å². The Morgan fingerprint density at radius 3 is 2.85 bits per heavy atom. The summed E-state index contributed by atoms with van der Waals surface area (Å²) in [6.45, 7) is 0. The standard InChI is InChI=1S/C13H12N6O/c1-20-11-8-9(15-12-4-2-3-7-14-12)5-6-10(11)13-16-18-19-17-13/h2-8H,1H3,(H,14,15)(H,16,17,18,19). The van der Waals surface area contributed by atoms with E-state index >= 15 is 0 Å². The molecule has 0 fully saturated rings. The predicted octanol–water partition coefficient (Wildman–Crippen LogP) is 2.01. The van der Waals surface area contributed by atoms with Gasteiger partial charge in [-0.05, 0) is 29.5 Å². The van der Waals surface area contributed by atoms with Gasteiger partial charge in [-0.25, -0.2) is 4.98 Å². The number of anilines is 2. The summed E-state index contributed by atoms with van der Waals surface area (Å²) in [7, 11) is 1.60. The number of tetrazole rings is 1. The quantitative estimate of drug-likeness (QED) is 0.752. The van der Waals surface area contributed by atoms with Gasteiger partial charge in [0, 0.05) is 18.0 Å². The van der Waals surface area contributed by atoms with Gasteiger partial charge in [-0.1, -0.05) is 6.07 Å². The summed E-state index contributed by atoms with van der Waals surface area (Å²) in [6.07, 6.45) is 1.73. The first kappa shape index (κ1) is 12.1. The molecule has 0 saturated heterocycles. The zero-order valence-corrected chi connectivity index (χ0v) is 10.7. The summed E-state index contributed by atoms with van der Waals surface area (Å²) in [5.41, 5.74) is 1.64. The molecule has 2 aromatic heterocycles. The van der Waals surface area contributed by atoms with Crippen molar-refractivity contribution in [1.82, 2.24) is 25.6 Å². The van der Waals surface area contributed by atoms with Crippen molar-refractivity contribution < 1.29 is 4.74 Å². The van der Waals surface area contributed by atoms with Gasteiger partial charge in [0.15, 0.2) is 0 Å². The maximum absolute atomic E-state index is 5.37. The van der Waals surface area contributed by atoms with Gasteiger partial charge in [-0.15, -0.1) is 10.2 Å². The molecule has 0 saturated carbocycles. The van der Waals surface area contributed by atoms with E-state index in [0.29, 0.717) is 11.6 Å². The van der Waals surface area contributed by atoms with Crippen LogP contribution in [0, 0.1) is 0 Å². The number of benzene rings is 1. The van der Waals surface area contributed by atoms with Crippen molar-refractivity contribution in [2.75, 3.05) is 12.4 Å². The van der Waals surface area contributed by atoms with Gasteiger partial charge >= 0.3 is 0 Å². The fourth-order valence-electron chi connectivity index (χ4n) is 1.81. The van der Waals surface area contributed by atoms with Crippen LogP contribution in [0.15, 0.2) is 42.6 Å². The van der Waals surface area contributed by atoms with Crippen LogP contribution in [-0.4, -0.2) is 32.7 Å². The second kappa shape index (κ2) is 5.35. The lowest BCUT2D eigenvalue weighted by Gasteiger charge is -2.09. The highest BCUT2D eigenvalue weighted by molar-refractivity contribution is 5.70. The lowest BCUT2D eigenvalue weighted by molar-refractivity contribution is 0.416. The summed E-state index contributed by atoms with van der Waals surface area (Å²) in [6, 6.07) is 11.3. The summed E-state index contributed by atoms with van der Waals surface area (Å²) < 4.78 is 5.37. The topological polar surface area (TPSA) is 88.6 Å². The molecule has 20 heavy (non-hydrogen) atoms. The Hall–Kier alpha value is -2.96. The van der Waals surface area contributed by atoms with Crippen LogP contribution in [0.2, 0.25) is 0 Å². The van der Waals surface area contributed by atoms with E-state index in [4.69, 9.17) is 4.74 Å². The number of hydrogen-bond donors (Lipinski definition) is 2. The third-order valence-corrected chi connectivity index (χ3v) is 2.73. The minimum Gasteiger partial charge on any atom is -0.496 e. The average Bonchev–Trinajstić information content (AvgIpc) is 3.02. The molecule has 1 aromatic carbocycles. The first-order valence-electron chi connectivity index (χ1n) is 5.97. The molecule has 0 unspecified atom stereocenters. The monoisotopic (exact) mass is 268 g/mol. The second-order valence-electron chi connectivity index (χ2n) is 3.99. The van der Waals surface area contributed by atoms with Crippen molar-refractivity contribution in [1.29, 1.82) is 0 Å². The number of aromatic amines is 1. The van der Waals surface area contributed by atoms with Crippen molar-refractivity contribution in [3.8, 4) is 17.1 Å². The Labute approximate surface area is 115 Å².